The first kappa shape index (κ1) is 17.2. The second-order valence-corrected chi connectivity index (χ2v) is 5.35. The van der Waals surface area contributed by atoms with E-state index in [1.54, 1.807) is 43.4 Å². The summed E-state index contributed by atoms with van der Waals surface area (Å²) in [4.78, 5) is 13.5. The Labute approximate surface area is 139 Å². The molecule has 122 valence electrons. The molecule has 1 amide bonds. The summed E-state index contributed by atoms with van der Waals surface area (Å²) in [6.07, 6.45) is 0. The summed E-state index contributed by atoms with van der Waals surface area (Å²) in [6, 6.07) is 11.1. The monoisotopic (exact) mass is 337 g/mol. The summed E-state index contributed by atoms with van der Waals surface area (Å²) in [5.74, 6) is -0.119. The van der Waals surface area contributed by atoms with Gasteiger partial charge in [-0.05, 0) is 30.3 Å². The molecule has 0 aliphatic heterocycles. The number of nitrogens with zero attached hydrogens (tertiary/aromatic N) is 1. The van der Waals surface area contributed by atoms with E-state index in [0.29, 0.717) is 16.9 Å². The van der Waals surface area contributed by atoms with Crippen LogP contribution in [0.4, 0.5) is 4.39 Å². The van der Waals surface area contributed by atoms with Crippen molar-refractivity contribution in [3.63, 3.8) is 0 Å². The van der Waals surface area contributed by atoms with Crippen LogP contribution in [0.2, 0.25) is 5.02 Å². The largest absolute Gasteiger partial charge is 0.489 e. The van der Waals surface area contributed by atoms with Gasteiger partial charge in [0.15, 0.2) is 0 Å². The van der Waals surface area contributed by atoms with E-state index in [0.717, 1.165) is 0 Å². The summed E-state index contributed by atoms with van der Waals surface area (Å²) in [5.41, 5.74) is 1.05. The first-order valence-corrected chi connectivity index (χ1v) is 7.43. The van der Waals surface area contributed by atoms with Gasteiger partial charge in [0.1, 0.15) is 18.2 Å². The molecule has 0 bridgehead atoms. The average Bonchev–Trinajstić information content (AvgIpc) is 2.56. The van der Waals surface area contributed by atoms with Crippen molar-refractivity contribution in [2.75, 3.05) is 20.2 Å². The number of amides is 1. The molecule has 0 aromatic heterocycles. The molecule has 0 spiro atoms. The highest BCUT2D eigenvalue weighted by molar-refractivity contribution is 6.31. The second-order valence-electron chi connectivity index (χ2n) is 4.98. The van der Waals surface area contributed by atoms with Crippen molar-refractivity contribution in [3.05, 3.63) is 64.4 Å². The summed E-state index contributed by atoms with van der Waals surface area (Å²) in [5, 5.41) is 8.89. The third-order valence-electron chi connectivity index (χ3n) is 3.31. The average molecular weight is 338 g/mol. The lowest BCUT2D eigenvalue weighted by Gasteiger charge is -2.15. The van der Waals surface area contributed by atoms with Crippen LogP contribution in [-0.4, -0.2) is 36.1 Å². The molecule has 2 rings (SSSR count). The zero-order valence-electron chi connectivity index (χ0n) is 12.6. The first-order chi connectivity index (χ1) is 11.0. The molecule has 6 heteroatoms. The van der Waals surface area contributed by atoms with Crippen LogP contribution in [0.5, 0.6) is 5.75 Å². The van der Waals surface area contributed by atoms with E-state index >= 15 is 0 Å². The maximum atomic E-state index is 13.3. The SMILES string of the molecule is CN(CCO)C(=O)c1ccc(OCc2cccc(F)c2Cl)cc1. The Balaban J connectivity index is 2.00. The molecule has 0 heterocycles. The van der Waals surface area contributed by atoms with Crippen LogP contribution < -0.4 is 4.74 Å². The number of aliphatic hydroxyl groups excluding tert-OH is 1. The molecule has 0 atom stereocenters. The highest BCUT2D eigenvalue weighted by atomic mass is 35.5. The van der Waals surface area contributed by atoms with Gasteiger partial charge in [-0.1, -0.05) is 23.7 Å². The number of carbonyl (C=O) groups excluding carboxylic acids is 1. The van der Waals surface area contributed by atoms with Crippen LogP contribution in [0.15, 0.2) is 42.5 Å². The Morgan fingerprint density at radius 2 is 1.96 bits per heavy atom. The first-order valence-electron chi connectivity index (χ1n) is 7.05. The number of aliphatic hydroxyl groups is 1. The van der Waals surface area contributed by atoms with Gasteiger partial charge in [-0.25, -0.2) is 4.39 Å². The molecule has 0 saturated heterocycles. The number of hydrogen-bond donors (Lipinski definition) is 1. The Kier molecular flexibility index (Phi) is 5.96. The Hall–Kier alpha value is -2.11. The molecule has 0 aliphatic rings. The van der Waals surface area contributed by atoms with Gasteiger partial charge in [0.2, 0.25) is 0 Å². The molecule has 2 aromatic carbocycles. The van der Waals surface area contributed by atoms with Gasteiger partial charge in [0, 0.05) is 24.7 Å². The molecule has 0 fully saturated rings. The fourth-order valence-corrected chi connectivity index (χ4v) is 2.17. The Morgan fingerprint density at radius 1 is 1.26 bits per heavy atom. The minimum Gasteiger partial charge on any atom is -0.489 e. The van der Waals surface area contributed by atoms with E-state index in [2.05, 4.69) is 0 Å². The molecule has 2 aromatic rings. The third-order valence-corrected chi connectivity index (χ3v) is 3.73. The second kappa shape index (κ2) is 7.94. The highest BCUT2D eigenvalue weighted by Crippen LogP contribution is 2.22. The molecule has 0 radical (unpaired) electrons. The van der Waals surface area contributed by atoms with Gasteiger partial charge in [0.25, 0.3) is 5.91 Å². The van der Waals surface area contributed by atoms with Crippen molar-refractivity contribution in [1.29, 1.82) is 0 Å². The predicted molar refractivity (Wildman–Crippen MR) is 86.2 cm³/mol. The lowest BCUT2D eigenvalue weighted by atomic mass is 10.2. The van der Waals surface area contributed by atoms with Crippen LogP contribution >= 0.6 is 11.6 Å². The quantitative estimate of drug-likeness (QED) is 0.881. The summed E-state index contributed by atoms with van der Waals surface area (Å²) >= 11 is 5.87. The van der Waals surface area contributed by atoms with Crippen molar-refractivity contribution in [3.8, 4) is 5.75 Å². The summed E-state index contributed by atoms with van der Waals surface area (Å²) in [7, 11) is 1.62. The normalized spacial score (nSPS) is 10.4. The van der Waals surface area contributed by atoms with Gasteiger partial charge >= 0.3 is 0 Å². The van der Waals surface area contributed by atoms with Crippen molar-refractivity contribution in [1.82, 2.24) is 4.90 Å². The Bertz CT molecular complexity index is 676. The number of halogens is 2. The van der Waals surface area contributed by atoms with Crippen LogP contribution in [0.25, 0.3) is 0 Å². The van der Waals surface area contributed by atoms with Crippen LogP contribution in [0.3, 0.4) is 0 Å². The minimum absolute atomic E-state index is 0.0462. The van der Waals surface area contributed by atoms with Crippen molar-refractivity contribution in [2.45, 2.75) is 6.61 Å². The van der Waals surface area contributed by atoms with Gasteiger partial charge in [-0.2, -0.15) is 0 Å². The van der Waals surface area contributed by atoms with Gasteiger partial charge in [0.05, 0.1) is 11.6 Å². The fraction of sp³-hybridized carbons (Fsp3) is 0.235. The van der Waals surface area contributed by atoms with Crippen LogP contribution in [0.1, 0.15) is 15.9 Å². The number of carbonyl (C=O) groups is 1. The van der Waals surface area contributed by atoms with Crippen molar-refractivity contribution >= 4 is 17.5 Å². The molecule has 1 N–H and O–H groups in total. The Morgan fingerprint density at radius 3 is 2.61 bits per heavy atom. The van der Waals surface area contributed by atoms with E-state index in [-0.39, 0.29) is 30.7 Å². The maximum absolute atomic E-state index is 13.3. The molecule has 23 heavy (non-hydrogen) atoms. The van der Waals surface area contributed by atoms with Crippen molar-refractivity contribution in [2.24, 2.45) is 0 Å². The number of benzene rings is 2. The van der Waals surface area contributed by atoms with Gasteiger partial charge in [-0.15, -0.1) is 0 Å². The van der Waals surface area contributed by atoms with Crippen LogP contribution in [-0.2, 0) is 6.61 Å². The van der Waals surface area contributed by atoms with Gasteiger partial charge < -0.3 is 14.7 Å². The minimum atomic E-state index is -0.486. The van der Waals surface area contributed by atoms with Crippen molar-refractivity contribution < 1.29 is 19.0 Å². The standard InChI is InChI=1S/C17H17ClFNO3/c1-20(9-10-21)17(22)12-5-7-14(8-6-12)23-11-13-3-2-4-15(19)16(13)18/h2-8,21H,9-11H2,1H3. The molecule has 4 nitrogen and oxygen atoms in total. The molecular weight excluding hydrogens is 321 g/mol. The highest BCUT2D eigenvalue weighted by Gasteiger charge is 2.11. The number of likely N-dealkylation sites (N-methyl/N-ethyl adjacent to an activating group) is 1. The zero-order chi connectivity index (χ0) is 16.8. The zero-order valence-corrected chi connectivity index (χ0v) is 13.4. The van der Waals surface area contributed by atoms with E-state index in [1.807, 2.05) is 0 Å². The van der Waals surface area contributed by atoms with E-state index in [1.165, 1.54) is 11.0 Å². The van der Waals surface area contributed by atoms with E-state index < -0.39 is 5.82 Å². The predicted octanol–water partition coefficient (Wildman–Crippen LogP) is 3.12. The van der Waals surface area contributed by atoms with Crippen LogP contribution in [0, 0.1) is 5.82 Å². The van der Waals surface area contributed by atoms with E-state index in [4.69, 9.17) is 21.4 Å². The topological polar surface area (TPSA) is 49.8 Å². The maximum Gasteiger partial charge on any atom is 0.253 e. The third kappa shape index (κ3) is 4.43. The van der Waals surface area contributed by atoms with Gasteiger partial charge in [-0.3, -0.25) is 4.79 Å². The lowest BCUT2D eigenvalue weighted by molar-refractivity contribution is 0.0767. The molecular formula is C17H17ClFNO3. The number of ether oxygens (including phenoxy) is 1. The summed E-state index contributed by atoms with van der Waals surface area (Å²) in [6.45, 7) is 0.321. The fourth-order valence-electron chi connectivity index (χ4n) is 1.99. The molecule has 0 saturated carbocycles. The smallest absolute Gasteiger partial charge is 0.253 e. The summed E-state index contributed by atoms with van der Waals surface area (Å²) < 4.78 is 18.9. The molecule has 0 aliphatic carbocycles. The lowest BCUT2D eigenvalue weighted by Crippen LogP contribution is -2.29. The molecule has 0 unspecified atom stereocenters. The number of rotatable bonds is 6. The number of hydrogen-bond acceptors (Lipinski definition) is 3. The van der Waals surface area contributed by atoms with E-state index in [9.17, 15) is 9.18 Å².